The van der Waals surface area contributed by atoms with E-state index in [0.29, 0.717) is 66.9 Å². The fraction of sp³-hybridized carbons (Fsp3) is 0.0727. The zero-order chi connectivity index (χ0) is 51.2. The molecule has 0 aliphatic carbocycles. The molecular weight excluding hydrogens is 959 g/mol. The van der Waals surface area contributed by atoms with Crippen LogP contribution in [0.25, 0.3) is 88.4 Å². The van der Waals surface area contributed by atoms with Gasteiger partial charge in [-0.3, -0.25) is 0 Å². The summed E-state index contributed by atoms with van der Waals surface area (Å²) in [5.74, 6) is 0. The maximum absolute atomic E-state index is 14.5. The molecule has 0 unspecified atom stereocenters. The predicted octanol–water partition coefficient (Wildman–Crippen LogP) is 16.6. The van der Waals surface area contributed by atoms with Crippen molar-refractivity contribution in [1.82, 2.24) is 9.13 Å². The molecule has 72 heavy (non-hydrogen) atoms. The van der Waals surface area contributed by atoms with Gasteiger partial charge >= 0.3 is 24.7 Å². The molecule has 8 aromatic carbocycles. The van der Waals surface area contributed by atoms with Gasteiger partial charge in [-0.1, -0.05) is 60.7 Å². The van der Waals surface area contributed by atoms with Crippen molar-refractivity contribution < 1.29 is 52.7 Å². The Kier molecular flexibility index (Phi) is 10.7. The summed E-state index contributed by atoms with van der Waals surface area (Å²) in [6.45, 7) is 0. The molecule has 10 aromatic rings. The molecule has 17 heteroatoms. The van der Waals surface area contributed by atoms with Crippen molar-refractivity contribution in [3.63, 3.8) is 0 Å². The lowest BCUT2D eigenvalue weighted by Gasteiger charge is -2.19. The second kappa shape index (κ2) is 16.6. The van der Waals surface area contributed by atoms with Crippen LogP contribution in [0.2, 0.25) is 0 Å². The molecule has 0 aliphatic rings. The average Bonchev–Trinajstić information content (AvgIpc) is 3.86. The number of benzene rings is 8. The lowest BCUT2D eigenvalue weighted by Crippen LogP contribution is -2.12. The predicted molar refractivity (Wildman–Crippen MR) is 246 cm³/mol. The minimum absolute atomic E-state index is 0.0154. The van der Waals surface area contributed by atoms with Gasteiger partial charge in [0.2, 0.25) is 0 Å². The molecule has 354 valence electrons. The van der Waals surface area contributed by atoms with Crippen LogP contribution in [0.1, 0.15) is 38.9 Å². The number of nitrogens with zero attached hydrogens (tertiary/aromatic N) is 5. The minimum Gasteiger partial charge on any atom is -0.308 e. The monoisotopic (exact) mass is 983 g/mol. The standard InChI is InChI=1S/C55H25F12N5/c56-52(57,58)35-11-13-37(44(24-35)54(62,63)64)31-9-15-48-41(20-31)39-5-1-3-7-46(39)71(48)50-22-34(33-18-29(26-68)17-30(19-33)27-69)23-51(43(50)28-70)72-47-8-4-2-6-40(47)42-21-32(10-16-49(42)72)38-14-12-36(53(59,60)61)25-45(38)55(65,66)67/h1-25H. The number of nitriles is 3. The maximum Gasteiger partial charge on any atom is 0.417 e. The largest absolute Gasteiger partial charge is 0.417 e. The molecule has 2 aromatic heterocycles. The van der Waals surface area contributed by atoms with Gasteiger partial charge in [-0.25, -0.2) is 0 Å². The van der Waals surface area contributed by atoms with Gasteiger partial charge in [0.05, 0.1) is 79.0 Å². The molecule has 0 bridgehead atoms. The van der Waals surface area contributed by atoms with Crippen molar-refractivity contribution in [3.05, 3.63) is 191 Å². The highest BCUT2D eigenvalue weighted by Gasteiger charge is 2.40. The van der Waals surface area contributed by atoms with E-state index >= 15 is 0 Å². The third-order valence-electron chi connectivity index (χ3n) is 12.5. The van der Waals surface area contributed by atoms with E-state index in [-0.39, 0.29) is 51.3 Å². The van der Waals surface area contributed by atoms with E-state index in [9.17, 15) is 68.5 Å². The maximum atomic E-state index is 14.5. The first-order valence-electron chi connectivity index (χ1n) is 21.3. The van der Waals surface area contributed by atoms with Crippen molar-refractivity contribution in [2.45, 2.75) is 24.7 Å². The van der Waals surface area contributed by atoms with Crippen molar-refractivity contribution in [2.75, 3.05) is 0 Å². The molecule has 0 fully saturated rings. The Bertz CT molecular complexity index is 3790. The van der Waals surface area contributed by atoms with E-state index in [4.69, 9.17) is 0 Å². The van der Waals surface area contributed by atoms with Crippen molar-refractivity contribution in [3.8, 4) is 63.0 Å². The second-order valence-electron chi connectivity index (χ2n) is 16.7. The first-order chi connectivity index (χ1) is 34.1. The number of halogens is 12. The summed E-state index contributed by atoms with van der Waals surface area (Å²) in [5, 5.41) is 32.9. The second-order valence-corrected chi connectivity index (χ2v) is 16.7. The fourth-order valence-electron chi connectivity index (χ4n) is 9.38. The lowest BCUT2D eigenvalue weighted by atomic mass is 9.95. The van der Waals surface area contributed by atoms with E-state index in [1.54, 1.807) is 69.8 Å². The molecule has 0 N–H and O–H groups in total. The highest BCUT2D eigenvalue weighted by molar-refractivity contribution is 6.12. The van der Waals surface area contributed by atoms with Gasteiger partial charge in [0, 0.05) is 21.5 Å². The summed E-state index contributed by atoms with van der Waals surface area (Å²) in [7, 11) is 0. The zero-order valence-electron chi connectivity index (χ0n) is 36.2. The van der Waals surface area contributed by atoms with Crippen LogP contribution >= 0.6 is 0 Å². The first-order valence-corrected chi connectivity index (χ1v) is 21.3. The van der Waals surface area contributed by atoms with Gasteiger partial charge in [-0.2, -0.15) is 68.5 Å². The van der Waals surface area contributed by atoms with Crippen LogP contribution in [0, 0.1) is 34.0 Å². The summed E-state index contributed by atoms with van der Waals surface area (Å²) in [5.41, 5.74) is -4.41. The number of rotatable bonds is 5. The van der Waals surface area contributed by atoms with Gasteiger partial charge in [0.25, 0.3) is 0 Å². The molecule has 10 rings (SSSR count). The number of fused-ring (bicyclic) bond motifs is 6. The summed E-state index contributed by atoms with van der Waals surface area (Å²) in [4.78, 5) is 0. The summed E-state index contributed by atoms with van der Waals surface area (Å²) in [6, 6.07) is 38.5. The van der Waals surface area contributed by atoms with E-state index in [0.717, 1.165) is 12.1 Å². The van der Waals surface area contributed by atoms with Gasteiger partial charge in [-0.15, -0.1) is 0 Å². The molecule has 0 aliphatic heterocycles. The third kappa shape index (κ3) is 7.87. The van der Waals surface area contributed by atoms with Crippen molar-refractivity contribution in [1.29, 1.82) is 15.8 Å². The smallest absolute Gasteiger partial charge is 0.308 e. The Morgan fingerprint density at radius 2 is 0.722 bits per heavy atom. The molecule has 5 nitrogen and oxygen atoms in total. The summed E-state index contributed by atoms with van der Waals surface area (Å²) < 4.78 is 172. The lowest BCUT2D eigenvalue weighted by molar-refractivity contribution is -0.144. The first kappa shape index (κ1) is 46.7. The van der Waals surface area contributed by atoms with Crippen LogP contribution in [0.3, 0.4) is 0 Å². The van der Waals surface area contributed by atoms with Crippen LogP contribution in [0.4, 0.5) is 52.7 Å². The molecule has 0 amide bonds. The number of hydrogen-bond acceptors (Lipinski definition) is 3. The molecule has 0 radical (unpaired) electrons. The Morgan fingerprint density at radius 3 is 1.10 bits per heavy atom. The van der Waals surface area contributed by atoms with Crippen molar-refractivity contribution >= 4 is 43.6 Å². The fourth-order valence-corrected chi connectivity index (χ4v) is 9.38. The molecule has 0 spiro atoms. The Balaban J connectivity index is 1.27. The highest BCUT2D eigenvalue weighted by Crippen LogP contribution is 2.46. The normalized spacial score (nSPS) is 12.4. The number of aromatic nitrogens is 2. The van der Waals surface area contributed by atoms with Crippen LogP contribution in [0.15, 0.2) is 152 Å². The van der Waals surface area contributed by atoms with E-state index < -0.39 is 58.1 Å². The Morgan fingerprint density at radius 1 is 0.333 bits per heavy atom. The van der Waals surface area contributed by atoms with Crippen LogP contribution in [-0.2, 0) is 24.7 Å². The molecule has 0 saturated carbocycles. The minimum atomic E-state index is -5.19. The van der Waals surface area contributed by atoms with Gasteiger partial charge in [0.15, 0.2) is 0 Å². The SMILES string of the molecule is N#Cc1cc(C#N)cc(-c2cc(-n3c4ccccc4c4cc(-c5ccc(C(F)(F)F)cc5C(F)(F)F)ccc43)c(C#N)c(-n3c4ccccc4c4cc(-c5ccc(C(F)(F)F)cc5C(F)(F)F)ccc43)c2)c1. The van der Waals surface area contributed by atoms with Gasteiger partial charge in [-0.05, 0) is 124 Å². The van der Waals surface area contributed by atoms with E-state index in [1.807, 2.05) is 12.1 Å². The topological polar surface area (TPSA) is 81.2 Å². The summed E-state index contributed by atoms with van der Waals surface area (Å²) in [6.07, 6.45) is -20.5. The van der Waals surface area contributed by atoms with Crippen LogP contribution in [-0.4, -0.2) is 9.13 Å². The van der Waals surface area contributed by atoms with Crippen LogP contribution in [0.5, 0.6) is 0 Å². The molecule has 2 heterocycles. The molecular formula is C55H25F12N5. The average molecular weight is 984 g/mol. The molecule has 0 atom stereocenters. The Hall–Kier alpha value is -9.01. The number of alkyl halides is 12. The third-order valence-corrected chi connectivity index (χ3v) is 12.5. The Labute approximate surface area is 398 Å². The van der Waals surface area contributed by atoms with E-state index in [2.05, 4.69) is 6.07 Å². The van der Waals surface area contributed by atoms with Gasteiger partial charge < -0.3 is 9.13 Å². The van der Waals surface area contributed by atoms with Crippen LogP contribution < -0.4 is 0 Å². The highest BCUT2D eigenvalue weighted by atomic mass is 19.4. The zero-order valence-corrected chi connectivity index (χ0v) is 36.2. The van der Waals surface area contributed by atoms with Gasteiger partial charge in [0.1, 0.15) is 11.6 Å². The number of para-hydroxylation sites is 2. The van der Waals surface area contributed by atoms with Crippen molar-refractivity contribution in [2.24, 2.45) is 0 Å². The molecule has 0 saturated heterocycles. The van der Waals surface area contributed by atoms with E-state index in [1.165, 1.54) is 54.6 Å². The quantitative estimate of drug-likeness (QED) is 0.161. The summed E-state index contributed by atoms with van der Waals surface area (Å²) >= 11 is 0. The number of hydrogen-bond donors (Lipinski definition) is 0.